The SMILES string of the molecule is COc1ccccc1-c1cc(C(=O)N2CCc3nc(NC(=O)c4ccsc4)sc3C2)n(C)n1. The van der Waals surface area contributed by atoms with Crippen molar-refractivity contribution >= 4 is 39.6 Å². The van der Waals surface area contributed by atoms with E-state index in [4.69, 9.17) is 4.74 Å². The molecule has 168 valence electrons. The lowest BCUT2D eigenvalue weighted by molar-refractivity contribution is 0.0725. The van der Waals surface area contributed by atoms with Gasteiger partial charge in [0.2, 0.25) is 0 Å². The molecule has 1 aliphatic heterocycles. The fourth-order valence-corrected chi connectivity index (χ4v) is 5.46. The topological polar surface area (TPSA) is 89.4 Å². The van der Waals surface area contributed by atoms with Gasteiger partial charge in [0.25, 0.3) is 11.8 Å². The van der Waals surface area contributed by atoms with Gasteiger partial charge in [-0.15, -0.1) is 0 Å². The van der Waals surface area contributed by atoms with Crippen LogP contribution < -0.4 is 10.1 Å². The maximum Gasteiger partial charge on any atom is 0.272 e. The Morgan fingerprint density at radius 1 is 1.21 bits per heavy atom. The minimum atomic E-state index is -0.172. The summed E-state index contributed by atoms with van der Waals surface area (Å²) in [5.41, 5.74) is 3.59. The van der Waals surface area contributed by atoms with Crippen LogP contribution in [0.1, 0.15) is 31.4 Å². The minimum absolute atomic E-state index is 0.0888. The number of carbonyl (C=O) groups excluding carboxylic acids is 2. The minimum Gasteiger partial charge on any atom is -0.496 e. The molecule has 2 amide bonds. The quantitative estimate of drug-likeness (QED) is 0.466. The van der Waals surface area contributed by atoms with Gasteiger partial charge in [-0.25, -0.2) is 4.98 Å². The Balaban J connectivity index is 1.33. The highest BCUT2D eigenvalue weighted by molar-refractivity contribution is 7.16. The van der Waals surface area contributed by atoms with Gasteiger partial charge in [0, 0.05) is 35.8 Å². The monoisotopic (exact) mass is 479 g/mol. The van der Waals surface area contributed by atoms with Crippen molar-refractivity contribution in [3.05, 3.63) is 69.0 Å². The highest BCUT2D eigenvalue weighted by Gasteiger charge is 2.28. The molecule has 0 radical (unpaired) electrons. The first-order chi connectivity index (χ1) is 16.0. The van der Waals surface area contributed by atoms with Crippen LogP contribution in [0.3, 0.4) is 0 Å². The third-order valence-corrected chi connectivity index (χ3v) is 7.19. The summed E-state index contributed by atoms with van der Waals surface area (Å²) in [6.45, 7) is 1.01. The predicted octanol–water partition coefficient (Wildman–Crippen LogP) is 4.06. The molecule has 1 aromatic carbocycles. The highest BCUT2D eigenvalue weighted by Crippen LogP contribution is 2.31. The fourth-order valence-electron chi connectivity index (χ4n) is 3.80. The molecule has 0 bridgehead atoms. The van der Waals surface area contributed by atoms with Gasteiger partial charge in [0.05, 0.1) is 30.6 Å². The van der Waals surface area contributed by atoms with Gasteiger partial charge in [-0.1, -0.05) is 23.5 Å². The van der Waals surface area contributed by atoms with Crippen molar-refractivity contribution in [1.29, 1.82) is 0 Å². The molecule has 1 aliphatic rings. The van der Waals surface area contributed by atoms with Crippen molar-refractivity contribution in [1.82, 2.24) is 19.7 Å². The van der Waals surface area contributed by atoms with Crippen LogP contribution in [-0.2, 0) is 20.0 Å². The first kappa shape index (κ1) is 21.4. The van der Waals surface area contributed by atoms with E-state index in [0.29, 0.717) is 47.3 Å². The molecule has 33 heavy (non-hydrogen) atoms. The smallest absolute Gasteiger partial charge is 0.272 e. The van der Waals surface area contributed by atoms with Crippen molar-refractivity contribution < 1.29 is 14.3 Å². The molecule has 10 heteroatoms. The molecule has 0 unspecified atom stereocenters. The van der Waals surface area contributed by atoms with Crippen LogP contribution in [0.15, 0.2) is 47.2 Å². The second-order valence-corrected chi connectivity index (χ2v) is 9.43. The number of aryl methyl sites for hydroxylation is 1. The van der Waals surface area contributed by atoms with Crippen molar-refractivity contribution in [3.63, 3.8) is 0 Å². The molecule has 3 aromatic heterocycles. The summed E-state index contributed by atoms with van der Waals surface area (Å²) in [6, 6.07) is 11.2. The zero-order valence-electron chi connectivity index (χ0n) is 18.1. The van der Waals surface area contributed by atoms with Gasteiger partial charge in [-0.05, 0) is 29.6 Å². The molecule has 1 N–H and O–H groups in total. The maximum atomic E-state index is 13.3. The van der Waals surface area contributed by atoms with Gasteiger partial charge < -0.3 is 9.64 Å². The summed E-state index contributed by atoms with van der Waals surface area (Å²) < 4.78 is 7.05. The van der Waals surface area contributed by atoms with Crippen molar-refractivity contribution in [2.24, 2.45) is 7.05 Å². The number of para-hydroxylation sites is 1. The normalized spacial score (nSPS) is 13.0. The lowest BCUT2D eigenvalue weighted by Gasteiger charge is -2.25. The second-order valence-electron chi connectivity index (χ2n) is 7.57. The lowest BCUT2D eigenvalue weighted by atomic mass is 10.1. The molecule has 0 atom stereocenters. The number of ether oxygens (including phenoxy) is 1. The molecule has 0 saturated heterocycles. The van der Waals surface area contributed by atoms with Gasteiger partial charge in [0.15, 0.2) is 5.13 Å². The number of nitrogens with zero attached hydrogens (tertiary/aromatic N) is 4. The van der Waals surface area contributed by atoms with E-state index in [9.17, 15) is 9.59 Å². The summed E-state index contributed by atoms with van der Waals surface area (Å²) in [4.78, 5) is 33.0. The van der Waals surface area contributed by atoms with E-state index < -0.39 is 0 Å². The number of thiazole rings is 1. The molecule has 0 spiro atoms. The molecule has 0 fully saturated rings. The van der Waals surface area contributed by atoms with Crippen LogP contribution in [0.2, 0.25) is 0 Å². The van der Waals surface area contributed by atoms with Crippen LogP contribution >= 0.6 is 22.7 Å². The molecule has 4 aromatic rings. The van der Waals surface area contributed by atoms with Crippen LogP contribution in [0.25, 0.3) is 11.3 Å². The summed E-state index contributed by atoms with van der Waals surface area (Å²) in [7, 11) is 3.39. The van der Waals surface area contributed by atoms with Crippen molar-refractivity contribution in [3.8, 4) is 17.0 Å². The van der Waals surface area contributed by atoms with E-state index in [0.717, 1.165) is 16.1 Å². The molecule has 4 heterocycles. The number of amides is 2. The number of methoxy groups -OCH3 is 1. The third kappa shape index (κ3) is 4.14. The first-order valence-corrected chi connectivity index (χ1v) is 12.1. The van der Waals surface area contributed by atoms with Gasteiger partial charge in [0.1, 0.15) is 11.4 Å². The van der Waals surface area contributed by atoms with Gasteiger partial charge in [-0.2, -0.15) is 16.4 Å². The van der Waals surface area contributed by atoms with Crippen molar-refractivity contribution in [2.75, 3.05) is 19.0 Å². The number of nitrogens with one attached hydrogen (secondary N) is 1. The maximum absolute atomic E-state index is 13.3. The number of carbonyl (C=O) groups is 2. The molecular formula is C23H21N5O3S2. The average Bonchev–Trinajstić information content (AvgIpc) is 3.57. The van der Waals surface area contributed by atoms with Crippen LogP contribution in [0, 0.1) is 0 Å². The average molecular weight is 480 g/mol. The number of hydrogen-bond acceptors (Lipinski definition) is 7. The Morgan fingerprint density at radius 3 is 2.85 bits per heavy atom. The number of hydrogen-bond donors (Lipinski definition) is 1. The molecular weight excluding hydrogens is 458 g/mol. The number of rotatable bonds is 5. The highest BCUT2D eigenvalue weighted by atomic mass is 32.1. The Hall–Kier alpha value is -3.50. The van der Waals surface area contributed by atoms with E-state index in [1.54, 1.807) is 41.3 Å². The Bertz CT molecular complexity index is 1330. The first-order valence-electron chi connectivity index (χ1n) is 10.3. The predicted molar refractivity (Wildman–Crippen MR) is 128 cm³/mol. The zero-order chi connectivity index (χ0) is 22.9. The molecule has 0 aliphatic carbocycles. The van der Waals surface area contributed by atoms with Crippen LogP contribution in [-0.4, -0.2) is 45.1 Å². The summed E-state index contributed by atoms with van der Waals surface area (Å²) >= 11 is 2.89. The van der Waals surface area contributed by atoms with Crippen LogP contribution in [0.4, 0.5) is 5.13 Å². The van der Waals surface area contributed by atoms with E-state index in [1.807, 2.05) is 29.6 Å². The van der Waals surface area contributed by atoms with E-state index in [2.05, 4.69) is 15.4 Å². The largest absolute Gasteiger partial charge is 0.496 e. The number of fused-ring (bicyclic) bond motifs is 1. The fraction of sp³-hybridized carbons (Fsp3) is 0.217. The second kappa shape index (κ2) is 8.80. The molecule has 0 saturated carbocycles. The standard InChI is InChI=1S/C23H21N5O3S2/c1-27-18(11-17(26-27)15-5-3-4-6-19(15)31-2)22(30)28-9-7-16-20(12-28)33-23(24-16)25-21(29)14-8-10-32-13-14/h3-6,8,10-11,13H,7,9,12H2,1-2H3,(H,24,25,29). The molecule has 5 rings (SSSR count). The third-order valence-electron chi connectivity index (χ3n) is 5.50. The Morgan fingerprint density at radius 2 is 2.06 bits per heavy atom. The summed E-state index contributed by atoms with van der Waals surface area (Å²) in [5.74, 6) is 0.446. The summed E-state index contributed by atoms with van der Waals surface area (Å²) in [5, 5.41) is 11.6. The van der Waals surface area contributed by atoms with Gasteiger partial charge in [-0.3, -0.25) is 19.6 Å². The van der Waals surface area contributed by atoms with Gasteiger partial charge >= 0.3 is 0 Å². The number of thiophene rings is 1. The lowest BCUT2D eigenvalue weighted by Crippen LogP contribution is -2.36. The zero-order valence-corrected chi connectivity index (χ0v) is 19.7. The summed E-state index contributed by atoms with van der Waals surface area (Å²) in [6.07, 6.45) is 0.642. The Kier molecular flexibility index (Phi) is 5.69. The number of benzene rings is 1. The Labute approximate surface area is 198 Å². The number of anilines is 1. The van der Waals surface area contributed by atoms with E-state index in [1.165, 1.54) is 22.7 Å². The van der Waals surface area contributed by atoms with Crippen LogP contribution in [0.5, 0.6) is 5.75 Å². The number of aromatic nitrogens is 3. The van der Waals surface area contributed by atoms with E-state index >= 15 is 0 Å². The van der Waals surface area contributed by atoms with E-state index in [-0.39, 0.29) is 11.8 Å². The molecule has 8 nitrogen and oxygen atoms in total. The van der Waals surface area contributed by atoms with Crippen molar-refractivity contribution in [2.45, 2.75) is 13.0 Å².